The molecule has 1 N–H and O–H groups in total. The third-order valence-electron chi connectivity index (χ3n) is 6.97. The summed E-state index contributed by atoms with van der Waals surface area (Å²) < 4.78 is 28.5. The molecule has 0 radical (unpaired) electrons. The minimum atomic E-state index is -1.52. The predicted molar refractivity (Wildman–Crippen MR) is 156 cm³/mol. The van der Waals surface area contributed by atoms with Crippen molar-refractivity contribution in [3.63, 3.8) is 0 Å². The second-order valence-electron chi connectivity index (χ2n) is 10.6. The number of carbonyl (C=O) groups excluding carboxylic acids is 1. The number of hydrogen-bond acceptors (Lipinski definition) is 10. The minimum absolute atomic E-state index is 0.0155. The number of benzene rings is 1. The van der Waals surface area contributed by atoms with Gasteiger partial charge in [0.25, 0.3) is 11.9 Å². The van der Waals surface area contributed by atoms with Gasteiger partial charge in [-0.3, -0.25) is 4.79 Å². The van der Waals surface area contributed by atoms with Gasteiger partial charge < -0.3 is 38.5 Å². The molecule has 1 unspecified atom stereocenters. The molecule has 40 heavy (non-hydrogen) atoms. The molecule has 2 aromatic heterocycles. The highest BCUT2D eigenvalue weighted by molar-refractivity contribution is 6.89. The molecule has 3 aromatic rings. The molecule has 1 amide bonds. The normalized spacial score (nSPS) is 15.7. The van der Waals surface area contributed by atoms with Crippen LogP contribution in [0.1, 0.15) is 17.5 Å². The maximum absolute atomic E-state index is 13.1. The number of ether oxygens (including phenoxy) is 4. The number of carbonyl (C=O) groups is 1. The quantitative estimate of drug-likeness (QED) is 0.342. The van der Waals surface area contributed by atoms with Crippen LogP contribution in [-0.4, -0.2) is 89.5 Å². The number of likely N-dealkylation sites (N-methyl/N-ethyl adjacent to an activating group) is 1. The van der Waals surface area contributed by atoms with Crippen molar-refractivity contribution in [1.82, 2.24) is 14.9 Å². The Bertz CT molecular complexity index is 1290. The van der Waals surface area contributed by atoms with Crippen molar-refractivity contribution in [3.05, 3.63) is 42.2 Å². The van der Waals surface area contributed by atoms with Crippen LogP contribution in [0.2, 0.25) is 19.1 Å². The van der Waals surface area contributed by atoms with Gasteiger partial charge in [-0.05, 0) is 32.3 Å². The SMILES string of the molecule is CC[Si](C)(C)c1cccc(Oc2ccc(C(=O)Nc3c(OC)nc(N4CCOC(CN(C)C)C4)nc3OC)o2)c1. The fourth-order valence-electron chi connectivity index (χ4n) is 4.35. The Morgan fingerprint density at radius 2 is 1.88 bits per heavy atom. The molecule has 0 saturated carbocycles. The number of nitrogens with one attached hydrogen (secondary N) is 1. The molecule has 0 spiro atoms. The van der Waals surface area contributed by atoms with Crippen molar-refractivity contribution in [2.45, 2.75) is 32.2 Å². The summed E-state index contributed by atoms with van der Waals surface area (Å²) in [6.07, 6.45) is 0.0155. The van der Waals surface area contributed by atoms with Gasteiger partial charge in [0, 0.05) is 25.7 Å². The highest BCUT2D eigenvalue weighted by Gasteiger charge is 2.27. The van der Waals surface area contributed by atoms with Gasteiger partial charge in [0.2, 0.25) is 17.7 Å². The third kappa shape index (κ3) is 6.93. The molecule has 216 valence electrons. The molecule has 1 atom stereocenters. The number of furan rings is 1. The molecule has 0 bridgehead atoms. The number of hydrogen-bond donors (Lipinski definition) is 1. The summed E-state index contributed by atoms with van der Waals surface area (Å²) >= 11 is 0. The van der Waals surface area contributed by atoms with E-state index in [1.54, 1.807) is 12.1 Å². The summed E-state index contributed by atoms with van der Waals surface area (Å²) in [4.78, 5) is 26.3. The highest BCUT2D eigenvalue weighted by Crippen LogP contribution is 2.34. The van der Waals surface area contributed by atoms with Crippen LogP contribution >= 0.6 is 0 Å². The summed E-state index contributed by atoms with van der Waals surface area (Å²) in [6, 6.07) is 12.3. The molecular formula is C28H39N5O6Si. The Hall–Kier alpha value is -3.61. The van der Waals surface area contributed by atoms with Crippen molar-refractivity contribution >= 4 is 30.8 Å². The van der Waals surface area contributed by atoms with E-state index in [2.05, 4.69) is 46.3 Å². The van der Waals surface area contributed by atoms with E-state index in [9.17, 15) is 4.79 Å². The van der Waals surface area contributed by atoms with E-state index in [-0.39, 0.29) is 35.3 Å². The first kappa shape index (κ1) is 29.4. The van der Waals surface area contributed by atoms with Crippen LogP contribution in [0.5, 0.6) is 23.5 Å². The van der Waals surface area contributed by atoms with Gasteiger partial charge in [-0.25, -0.2) is 0 Å². The maximum atomic E-state index is 13.1. The van der Waals surface area contributed by atoms with Crippen molar-refractivity contribution in [3.8, 4) is 23.5 Å². The first-order valence-corrected chi connectivity index (χ1v) is 16.5. The molecule has 1 aromatic carbocycles. The number of morpholine rings is 1. The van der Waals surface area contributed by atoms with Crippen molar-refractivity contribution in [2.75, 3.05) is 64.8 Å². The van der Waals surface area contributed by atoms with Crippen LogP contribution in [0.25, 0.3) is 0 Å². The Kier molecular flexibility index (Phi) is 9.33. The fourth-order valence-corrected chi connectivity index (χ4v) is 5.83. The van der Waals surface area contributed by atoms with Crippen molar-refractivity contribution in [1.29, 1.82) is 0 Å². The van der Waals surface area contributed by atoms with E-state index in [1.807, 2.05) is 37.2 Å². The summed E-state index contributed by atoms with van der Waals surface area (Å²) in [7, 11) is 5.44. The topological polar surface area (TPSA) is 111 Å². The molecule has 1 aliphatic heterocycles. The van der Waals surface area contributed by atoms with Crippen molar-refractivity contribution < 1.29 is 28.2 Å². The van der Waals surface area contributed by atoms with E-state index < -0.39 is 14.0 Å². The molecule has 1 saturated heterocycles. The lowest BCUT2D eigenvalue weighted by molar-refractivity contribution is 0.0242. The average molecular weight is 570 g/mol. The van der Waals surface area contributed by atoms with Gasteiger partial charge in [-0.2, -0.15) is 9.97 Å². The molecule has 1 fully saturated rings. The van der Waals surface area contributed by atoms with Crippen LogP contribution in [0.15, 0.2) is 40.8 Å². The lowest BCUT2D eigenvalue weighted by atomic mass is 10.2. The zero-order valence-corrected chi connectivity index (χ0v) is 25.3. The van der Waals surface area contributed by atoms with Gasteiger partial charge in [0.1, 0.15) is 5.75 Å². The van der Waals surface area contributed by atoms with Gasteiger partial charge in [-0.1, -0.05) is 43.4 Å². The summed E-state index contributed by atoms with van der Waals surface area (Å²) in [5.74, 6) is 1.20. The molecule has 3 heterocycles. The van der Waals surface area contributed by atoms with Crippen LogP contribution < -0.4 is 29.6 Å². The van der Waals surface area contributed by atoms with Crippen LogP contribution in [0.4, 0.5) is 11.6 Å². The maximum Gasteiger partial charge on any atom is 0.291 e. The average Bonchev–Trinajstić information content (AvgIpc) is 3.41. The number of nitrogens with zero attached hydrogens (tertiary/aromatic N) is 4. The van der Waals surface area contributed by atoms with E-state index in [4.69, 9.17) is 23.4 Å². The second kappa shape index (κ2) is 12.7. The van der Waals surface area contributed by atoms with Gasteiger partial charge >= 0.3 is 0 Å². The van der Waals surface area contributed by atoms with E-state index in [0.717, 1.165) is 12.6 Å². The number of rotatable bonds is 11. The Morgan fingerprint density at radius 1 is 1.15 bits per heavy atom. The van der Waals surface area contributed by atoms with Gasteiger partial charge in [0.15, 0.2) is 11.4 Å². The molecule has 0 aliphatic carbocycles. The largest absolute Gasteiger partial charge is 0.479 e. The fraction of sp³-hybridized carbons (Fsp3) is 0.464. The Labute approximate surface area is 236 Å². The first-order valence-electron chi connectivity index (χ1n) is 13.3. The van der Waals surface area contributed by atoms with Gasteiger partial charge in [-0.15, -0.1) is 0 Å². The molecule has 1 aliphatic rings. The summed E-state index contributed by atoms with van der Waals surface area (Å²) in [5, 5.41) is 4.06. The number of methoxy groups -OCH3 is 2. The molecule has 11 nitrogen and oxygen atoms in total. The first-order chi connectivity index (χ1) is 19.1. The molecule has 12 heteroatoms. The lowest BCUT2D eigenvalue weighted by Crippen LogP contribution is -2.47. The number of aromatic nitrogens is 2. The Morgan fingerprint density at radius 3 is 2.52 bits per heavy atom. The minimum Gasteiger partial charge on any atom is -0.479 e. The van der Waals surface area contributed by atoms with Crippen LogP contribution in [0.3, 0.4) is 0 Å². The van der Waals surface area contributed by atoms with E-state index >= 15 is 0 Å². The zero-order valence-electron chi connectivity index (χ0n) is 24.3. The third-order valence-corrected chi connectivity index (χ3v) is 10.6. The van der Waals surface area contributed by atoms with Crippen LogP contribution in [0, 0.1) is 0 Å². The number of amides is 1. The predicted octanol–water partition coefficient (Wildman–Crippen LogP) is 3.83. The highest BCUT2D eigenvalue weighted by atomic mass is 28.3. The monoisotopic (exact) mass is 569 g/mol. The summed E-state index contributed by atoms with van der Waals surface area (Å²) in [6.45, 7) is 9.43. The van der Waals surface area contributed by atoms with Crippen molar-refractivity contribution in [2.24, 2.45) is 0 Å². The van der Waals surface area contributed by atoms with Crippen LogP contribution in [-0.2, 0) is 4.74 Å². The lowest BCUT2D eigenvalue weighted by Gasteiger charge is -2.34. The summed E-state index contributed by atoms with van der Waals surface area (Å²) in [5.41, 5.74) is 0.204. The number of anilines is 2. The molecular weight excluding hydrogens is 530 g/mol. The zero-order chi connectivity index (χ0) is 28.9. The standard InChI is InChI=1S/C28H39N5O6Si/c1-8-40(6,7)21-11-9-10-19(16-21)38-23-13-12-22(39-23)25(34)29-24-26(35-4)30-28(31-27(24)36-5)33-14-15-37-20(18-33)17-32(2)3/h9-13,16,20H,8,14-15,17-18H2,1-7H3,(H,29,34). The second-order valence-corrected chi connectivity index (χ2v) is 15.6. The smallest absolute Gasteiger partial charge is 0.291 e. The van der Waals surface area contributed by atoms with E-state index in [1.165, 1.54) is 19.4 Å². The molecule has 4 rings (SSSR count). The van der Waals surface area contributed by atoms with Gasteiger partial charge in [0.05, 0.1) is 35.0 Å². The Balaban J connectivity index is 1.49. The van der Waals surface area contributed by atoms with E-state index in [0.29, 0.717) is 31.4 Å².